The first-order valence-electron chi connectivity index (χ1n) is 6.09. The van der Waals surface area contributed by atoms with Crippen molar-refractivity contribution in [2.24, 2.45) is 5.92 Å². The van der Waals surface area contributed by atoms with Crippen LogP contribution in [0, 0.1) is 5.92 Å². The Morgan fingerprint density at radius 3 is 2.37 bits per heavy atom. The van der Waals surface area contributed by atoms with Crippen molar-refractivity contribution in [3.05, 3.63) is 35.9 Å². The number of rotatable bonds is 5. The van der Waals surface area contributed by atoms with Crippen LogP contribution in [0.3, 0.4) is 0 Å². The van der Waals surface area contributed by atoms with Gasteiger partial charge >= 0.3 is 12.1 Å². The Bertz CT molecular complexity index is 417. The fourth-order valence-electron chi connectivity index (χ4n) is 1.52. The summed E-state index contributed by atoms with van der Waals surface area (Å²) in [4.78, 5) is 23.1. The average Bonchev–Trinajstić information content (AvgIpc) is 2.42. The highest BCUT2D eigenvalue weighted by Gasteiger charge is 2.25. The maximum Gasteiger partial charge on any atom is 0.408 e. The molecule has 0 aromatic heterocycles. The van der Waals surface area contributed by atoms with E-state index in [1.54, 1.807) is 0 Å². The minimum atomic E-state index is -0.701. The van der Waals surface area contributed by atoms with Gasteiger partial charge in [-0.25, -0.2) is 9.59 Å². The normalized spacial score (nSPS) is 11.8. The largest absolute Gasteiger partial charge is 0.467 e. The van der Waals surface area contributed by atoms with E-state index in [-0.39, 0.29) is 12.5 Å². The van der Waals surface area contributed by atoms with Crippen LogP contribution in [0.5, 0.6) is 0 Å². The van der Waals surface area contributed by atoms with Crippen molar-refractivity contribution in [2.45, 2.75) is 26.5 Å². The summed E-state index contributed by atoms with van der Waals surface area (Å²) in [6.45, 7) is 3.80. The van der Waals surface area contributed by atoms with Crippen LogP contribution in [-0.2, 0) is 20.9 Å². The molecule has 0 radical (unpaired) electrons. The number of hydrogen-bond donors (Lipinski definition) is 1. The van der Waals surface area contributed by atoms with Gasteiger partial charge in [-0.1, -0.05) is 44.2 Å². The first-order chi connectivity index (χ1) is 9.04. The number of hydrogen-bond acceptors (Lipinski definition) is 4. The highest BCUT2D eigenvalue weighted by atomic mass is 16.6. The van der Waals surface area contributed by atoms with E-state index in [1.165, 1.54) is 7.11 Å². The molecule has 0 saturated carbocycles. The number of carbonyl (C=O) groups excluding carboxylic acids is 2. The predicted molar refractivity (Wildman–Crippen MR) is 70.4 cm³/mol. The second-order valence-electron chi connectivity index (χ2n) is 4.45. The van der Waals surface area contributed by atoms with Crippen LogP contribution in [0.2, 0.25) is 0 Å². The van der Waals surface area contributed by atoms with E-state index in [0.29, 0.717) is 0 Å². The van der Waals surface area contributed by atoms with Crippen molar-refractivity contribution in [3.63, 3.8) is 0 Å². The van der Waals surface area contributed by atoms with Crippen molar-refractivity contribution in [2.75, 3.05) is 7.11 Å². The molecular formula is C14H19NO4. The molecule has 104 valence electrons. The zero-order valence-electron chi connectivity index (χ0n) is 11.4. The van der Waals surface area contributed by atoms with Gasteiger partial charge in [-0.2, -0.15) is 0 Å². The van der Waals surface area contributed by atoms with E-state index < -0.39 is 18.1 Å². The Labute approximate surface area is 112 Å². The first kappa shape index (κ1) is 15.0. The molecule has 0 spiro atoms. The lowest BCUT2D eigenvalue weighted by Gasteiger charge is -2.19. The molecule has 0 saturated heterocycles. The van der Waals surface area contributed by atoms with Crippen LogP contribution in [0.4, 0.5) is 4.79 Å². The van der Waals surface area contributed by atoms with Gasteiger partial charge in [0.2, 0.25) is 0 Å². The minimum absolute atomic E-state index is 0.0725. The Kier molecular flexibility index (Phi) is 5.85. The van der Waals surface area contributed by atoms with E-state index in [2.05, 4.69) is 10.1 Å². The number of methoxy groups -OCH3 is 1. The van der Waals surface area contributed by atoms with Crippen molar-refractivity contribution in [1.82, 2.24) is 5.32 Å². The SMILES string of the molecule is COC(=O)[C@H](NC(=O)OCc1ccccc1)C(C)C. The average molecular weight is 265 g/mol. The fraction of sp³-hybridized carbons (Fsp3) is 0.429. The summed E-state index contributed by atoms with van der Waals surface area (Å²) < 4.78 is 9.67. The molecule has 1 aromatic rings. The second kappa shape index (κ2) is 7.41. The molecule has 0 bridgehead atoms. The molecule has 1 aromatic carbocycles. The number of nitrogens with one attached hydrogen (secondary N) is 1. The van der Waals surface area contributed by atoms with Gasteiger partial charge in [-0.05, 0) is 11.5 Å². The molecule has 0 aliphatic rings. The second-order valence-corrected chi connectivity index (χ2v) is 4.45. The van der Waals surface area contributed by atoms with E-state index in [9.17, 15) is 9.59 Å². The topological polar surface area (TPSA) is 64.6 Å². The molecule has 0 unspecified atom stereocenters. The lowest BCUT2D eigenvalue weighted by atomic mass is 10.1. The van der Waals surface area contributed by atoms with Crippen LogP contribution < -0.4 is 5.32 Å². The summed E-state index contributed by atoms with van der Waals surface area (Å²) in [5.41, 5.74) is 0.886. The molecule has 0 fully saturated rings. The third-order valence-corrected chi connectivity index (χ3v) is 2.61. The van der Waals surface area contributed by atoms with Gasteiger partial charge in [-0.15, -0.1) is 0 Å². The minimum Gasteiger partial charge on any atom is -0.467 e. The zero-order valence-corrected chi connectivity index (χ0v) is 11.4. The van der Waals surface area contributed by atoms with Gasteiger partial charge in [0.15, 0.2) is 0 Å². The van der Waals surface area contributed by atoms with Crippen molar-refractivity contribution in [3.8, 4) is 0 Å². The Hall–Kier alpha value is -2.04. The third kappa shape index (κ3) is 4.99. The molecule has 0 heterocycles. The molecule has 0 aliphatic heterocycles. The molecule has 19 heavy (non-hydrogen) atoms. The number of esters is 1. The Balaban J connectivity index is 2.47. The summed E-state index contributed by atoms with van der Waals surface area (Å²) in [6.07, 6.45) is -0.632. The van der Waals surface area contributed by atoms with Gasteiger partial charge in [-0.3, -0.25) is 0 Å². The monoisotopic (exact) mass is 265 g/mol. The summed E-state index contributed by atoms with van der Waals surface area (Å²) in [5, 5.41) is 2.50. The van der Waals surface area contributed by atoms with Crippen molar-refractivity contribution in [1.29, 1.82) is 0 Å². The van der Waals surface area contributed by atoms with Crippen molar-refractivity contribution < 1.29 is 19.1 Å². The zero-order chi connectivity index (χ0) is 14.3. The third-order valence-electron chi connectivity index (χ3n) is 2.61. The summed E-state index contributed by atoms with van der Waals surface area (Å²) in [5.74, 6) is -0.552. The quantitative estimate of drug-likeness (QED) is 0.828. The molecule has 5 nitrogen and oxygen atoms in total. The number of carbonyl (C=O) groups is 2. The highest BCUT2D eigenvalue weighted by molar-refractivity contribution is 5.81. The lowest BCUT2D eigenvalue weighted by molar-refractivity contribution is -0.144. The summed E-state index contributed by atoms with van der Waals surface area (Å²) in [7, 11) is 1.29. The van der Waals surface area contributed by atoms with E-state index in [4.69, 9.17) is 4.74 Å². The maximum atomic E-state index is 11.6. The molecule has 1 atom stereocenters. The molecular weight excluding hydrogens is 246 g/mol. The molecule has 1 rings (SSSR count). The number of benzene rings is 1. The smallest absolute Gasteiger partial charge is 0.408 e. The van der Waals surface area contributed by atoms with E-state index >= 15 is 0 Å². The molecule has 5 heteroatoms. The van der Waals surface area contributed by atoms with Gasteiger partial charge in [0.25, 0.3) is 0 Å². The molecule has 1 N–H and O–H groups in total. The lowest BCUT2D eigenvalue weighted by Crippen LogP contribution is -2.45. The Morgan fingerprint density at radius 1 is 1.21 bits per heavy atom. The predicted octanol–water partition coefficient (Wildman–Crippen LogP) is 2.11. The highest BCUT2D eigenvalue weighted by Crippen LogP contribution is 2.05. The summed E-state index contributed by atoms with van der Waals surface area (Å²) in [6, 6.07) is 8.62. The summed E-state index contributed by atoms with van der Waals surface area (Å²) >= 11 is 0. The van der Waals surface area contributed by atoms with Crippen LogP contribution in [0.1, 0.15) is 19.4 Å². The Morgan fingerprint density at radius 2 is 1.84 bits per heavy atom. The van der Waals surface area contributed by atoms with E-state index in [1.807, 2.05) is 44.2 Å². The standard InChI is InChI=1S/C14H19NO4/c1-10(2)12(13(16)18-3)15-14(17)19-9-11-7-5-4-6-8-11/h4-8,10,12H,9H2,1-3H3,(H,15,17)/t12-/m1/s1. The first-order valence-corrected chi connectivity index (χ1v) is 6.09. The van der Waals surface area contributed by atoms with Crippen LogP contribution >= 0.6 is 0 Å². The van der Waals surface area contributed by atoms with Crippen molar-refractivity contribution >= 4 is 12.1 Å². The van der Waals surface area contributed by atoms with Gasteiger partial charge in [0.05, 0.1) is 7.11 Å². The van der Waals surface area contributed by atoms with Gasteiger partial charge in [0, 0.05) is 0 Å². The van der Waals surface area contributed by atoms with Crippen LogP contribution in [0.25, 0.3) is 0 Å². The van der Waals surface area contributed by atoms with Gasteiger partial charge < -0.3 is 14.8 Å². The van der Waals surface area contributed by atoms with Gasteiger partial charge in [0.1, 0.15) is 12.6 Å². The number of amides is 1. The van der Waals surface area contributed by atoms with Crippen LogP contribution in [-0.4, -0.2) is 25.2 Å². The molecule has 0 aliphatic carbocycles. The maximum absolute atomic E-state index is 11.6. The van der Waals surface area contributed by atoms with E-state index in [0.717, 1.165) is 5.56 Å². The number of alkyl carbamates (subject to hydrolysis) is 1. The molecule has 1 amide bonds. The van der Waals surface area contributed by atoms with Crippen LogP contribution in [0.15, 0.2) is 30.3 Å². The fourth-order valence-corrected chi connectivity index (χ4v) is 1.52. The number of ether oxygens (including phenoxy) is 2.